The third kappa shape index (κ3) is 4.56. The van der Waals surface area contributed by atoms with E-state index in [0.717, 1.165) is 5.56 Å². The van der Waals surface area contributed by atoms with Crippen LogP contribution in [0.15, 0.2) is 54.6 Å². The number of imide groups is 1. The number of hydrogen-bond acceptors (Lipinski definition) is 5. The summed E-state index contributed by atoms with van der Waals surface area (Å²) in [7, 11) is -4.04. The van der Waals surface area contributed by atoms with Gasteiger partial charge in [-0.1, -0.05) is 30.3 Å². The molecule has 3 N–H and O–H groups in total. The van der Waals surface area contributed by atoms with Crippen LogP contribution in [0.5, 0.6) is 5.75 Å². The molecule has 0 radical (unpaired) electrons. The Labute approximate surface area is 157 Å². The molecule has 0 spiro atoms. The summed E-state index contributed by atoms with van der Waals surface area (Å²) >= 11 is 0. The van der Waals surface area contributed by atoms with E-state index in [1.54, 1.807) is 24.3 Å². The molecule has 3 rings (SSSR count). The number of anilines is 1. The van der Waals surface area contributed by atoms with E-state index in [0.29, 0.717) is 18.0 Å². The zero-order chi connectivity index (χ0) is 19.4. The van der Waals surface area contributed by atoms with Crippen molar-refractivity contribution in [1.82, 2.24) is 10.6 Å². The van der Waals surface area contributed by atoms with Gasteiger partial charge in [-0.2, -0.15) is 0 Å². The number of benzene rings is 2. The Morgan fingerprint density at radius 1 is 1.04 bits per heavy atom. The number of urea groups is 1. The van der Waals surface area contributed by atoms with Crippen LogP contribution in [0.3, 0.4) is 0 Å². The fourth-order valence-electron chi connectivity index (χ4n) is 2.73. The summed E-state index contributed by atoms with van der Waals surface area (Å²) in [6.07, 6.45) is 0. The molecule has 1 aliphatic rings. The highest BCUT2D eigenvalue weighted by molar-refractivity contribution is 7.94. The second kappa shape index (κ2) is 7.67. The average molecular weight is 389 g/mol. The molecule has 0 aliphatic carbocycles. The molecule has 2 unspecified atom stereocenters. The van der Waals surface area contributed by atoms with E-state index < -0.39 is 33.3 Å². The average Bonchev–Trinajstić information content (AvgIpc) is 2.60. The van der Waals surface area contributed by atoms with Crippen LogP contribution < -0.4 is 20.1 Å². The van der Waals surface area contributed by atoms with Crippen LogP contribution >= 0.6 is 0 Å². The monoisotopic (exact) mass is 389 g/mol. The molecule has 0 aromatic heterocycles. The lowest BCUT2D eigenvalue weighted by molar-refractivity contribution is -0.120. The molecule has 9 heteroatoms. The summed E-state index contributed by atoms with van der Waals surface area (Å²) in [6, 6.07) is 14.4. The largest absolute Gasteiger partial charge is 0.489 e. The Balaban J connectivity index is 1.65. The van der Waals surface area contributed by atoms with Gasteiger partial charge in [-0.15, -0.1) is 0 Å². The maximum Gasteiger partial charge on any atom is 0.321 e. The summed E-state index contributed by atoms with van der Waals surface area (Å²) in [5.41, 5.74) is 1.31. The lowest BCUT2D eigenvalue weighted by Gasteiger charge is -2.28. The van der Waals surface area contributed by atoms with Crippen molar-refractivity contribution in [2.24, 2.45) is 0 Å². The first-order valence-corrected chi connectivity index (χ1v) is 9.79. The Morgan fingerprint density at radius 2 is 1.70 bits per heavy atom. The van der Waals surface area contributed by atoms with Crippen LogP contribution in [0.25, 0.3) is 0 Å². The Hall–Kier alpha value is -3.07. The number of sulfonamides is 1. The summed E-state index contributed by atoms with van der Waals surface area (Å²) in [5, 5.41) is 2.92. The van der Waals surface area contributed by atoms with Gasteiger partial charge in [0.15, 0.2) is 5.25 Å². The minimum absolute atomic E-state index is 0.291. The highest BCUT2D eigenvalue weighted by Crippen LogP contribution is 2.20. The number of nitrogens with one attached hydrogen (secondary N) is 3. The van der Waals surface area contributed by atoms with Crippen LogP contribution in [-0.4, -0.2) is 31.6 Å². The SMILES string of the molecule is CC1NC(=O)NC(=O)C1S(=O)(=O)Nc1ccc(OCc2ccccc2)cc1. The first kappa shape index (κ1) is 18.7. The second-order valence-corrected chi connectivity index (χ2v) is 7.92. The van der Waals surface area contributed by atoms with Crippen LogP contribution in [0, 0.1) is 0 Å². The van der Waals surface area contributed by atoms with Crippen molar-refractivity contribution in [3.8, 4) is 5.75 Å². The van der Waals surface area contributed by atoms with Crippen LogP contribution in [0.4, 0.5) is 10.5 Å². The molecule has 142 valence electrons. The molecule has 2 aromatic carbocycles. The first-order chi connectivity index (χ1) is 12.8. The fraction of sp³-hybridized carbons (Fsp3) is 0.222. The third-order valence-corrected chi connectivity index (χ3v) is 5.82. The standard InChI is InChI=1S/C18H19N3O5S/c1-12-16(17(22)20-18(23)19-12)27(24,25)21-14-7-9-15(10-8-14)26-11-13-5-3-2-4-6-13/h2-10,12,16,21H,11H2,1H3,(H2,19,20,22,23). The van der Waals surface area contributed by atoms with Crippen molar-refractivity contribution in [1.29, 1.82) is 0 Å². The molecule has 0 bridgehead atoms. The van der Waals surface area contributed by atoms with Gasteiger partial charge in [0.1, 0.15) is 12.4 Å². The maximum atomic E-state index is 12.5. The van der Waals surface area contributed by atoms with Gasteiger partial charge in [0.2, 0.25) is 15.9 Å². The number of carbonyl (C=O) groups is 2. The van der Waals surface area contributed by atoms with Crippen molar-refractivity contribution in [3.05, 3.63) is 60.2 Å². The number of hydrogen-bond donors (Lipinski definition) is 3. The van der Waals surface area contributed by atoms with Crippen LogP contribution in [0.2, 0.25) is 0 Å². The zero-order valence-corrected chi connectivity index (χ0v) is 15.3. The van der Waals surface area contributed by atoms with E-state index in [2.05, 4.69) is 10.0 Å². The molecule has 2 atom stereocenters. The highest BCUT2D eigenvalue weighted by atomic mass is 32.2. The van der Waals surface area contributed by atoms with E-state index >= 15 is 0 Å². The molecule has 1 heterocycles. The summed E-state index contributed by atoms with van der Waals surface area (Å²) in [4.78, 5) is 23.2. The van der Waals surface area contributed by atoms with Gasteiger partial charge in [0, 0.05) is 5.69 Å². The third-order valence-electron chi connectivity index (χ3n) is 4.01. The van der Waals surface area contributed by atoms with Gasteiger partial charge in [-0.3, -0.25) is 14.8 Å². The van der Waals surface area contributed by atoms with Crippen molar-refractivity contribution in [2.75, 3.05) is 4.72 Å². The summed E-state index contributed by atoms with van der Waals surface area (Å²) in [6.45, 7) is 1.85. The van der Waals surface area contributed by atoms with E-state index in [9.17, 15) is 18.0 Å². The molecular formula is C18H19N3O5S. The van der Waals surface area contributed by atoms with Crippen molar-refractivity contribution in [2.45, 2.75) is 24.8 Å². The number of ether oxygens (including phenoxy) is 1. The topological polar surface area (TPSA) is 114 Å². The number of rotatable bonds is 6. The lowest BCUT2D eigenvalue weighted by atomic mass is 10.2. The second-order valence-electron chi connectivity index (χ2n) is 6.12. The van der Waals surface area contributed by atoms with Gasteiger partial charge in [-0.05, 0) is 36.8 Å². The van der Waals surface area contributed by atoms with Gasteiger partial charge in [-0.25, -0.2) is 13.2 Å². The predicted octanol–water partition coefficient (Wildman–Crippen LogP) is 1.60. The summed E-state index contributed by atoms with van der Waals surface area (Å²) < 4.78 is 33.1. The lowest BCUT2D eigenvalue weighted by Crippen LogP contribution is -2.63. The molecule has 8 nitrogen and oxygen atoms in total. The smallest absolute Gasteiger partial charge is 0.321 e. The Bertz CT molecular complexity index is 929. The fourth-order valence-corrected chi connectivity index (χ4v) is 4.26. The number of carbonyl (C=O) groups excluding carboxylic acids is 2. The van der Waals surface area contributed by atoms with Gasteiger partial charge >= 0.3 is 6.03 Å². The normalized spacial score (nSPS) is 19.7. The van der Waals surface area contributed by atoms with Crippen molar-refractivity contribution < 1.29 is 22.7 Å². The number of amides is 3. The minimum atomic E-state index is -4.04. The quantitative estimate of drug-likeness (QED) is 0.695. The molecule has 0 saturated carbocycles. The van der Waals surface area contributed by atoms with E-state index in [1.807, 2.05) is 35.6 Å². The van der Waals surface area contributed by atoms with Crippen molar-refractivity contribution >= 4 is 27.6 Å². The van der Waals surface area contributed by atoms with Crippen molar-refractivity contribution in [3.63, 3.8) is 0 Å². The zero-order valence-electron chi connectivity index (χ0n) is 14.5. The van der Waals surface area contributed by atoms with Gasteiger partial charge < -0.3 is 10.1 Å². The molecule has 1 aliphatic heterocycles. The molecular weight excluding hydrogens is 370 g/mol. The Morgan fingerprint density at radius 3 is 2.33 bits per heavy atom. The van der Waals surface area contributed by atoms with Crippen LogP contribution in [-0.2, 0) is 21.4 Å². The maximum absolute atomic E-state index is 12.5. The molecule has 1 saturated heterocycles. The van der Waals surface area contributed by atoms with Crippen LogP contribution in [0.1, 0.15) is 12.5 Å². The van der Waals surface area contributed by atoms with Gasteiger partial charge in [0.05, 0.1) is 6.04 Å². The molecule has 27 heavy (non-hydrogen) atoms. The minimum Gasteiger partial charge on any atom is -0.489 e. The molecule has 1 fully saturated rings. The molecule has 2 aromatic rings. The first-order valence-electron chi connectivity index (χ1n) is 8.25. The van der Waals surface area contributed by atoms with E-state index in [-0.39, 0.29) is 0 Å². The van der Waals surface area contributed by atoms with E-state index in [4.69, 9.17) is 4.74 Å². The summed E-state index contributed by atoms with van der Waals surface area (Å²) in [5.74, 6) is -0.278. The predicted molar refractivity (Wildman–Crippen MR) is 99.7 cm³/mol. The van der Waals surface area contributed by atoms with Gasteiger partial charge in [0.25, 0.3) is 0 Å². The molecule has 3 amide bonds. The van der Waals surface area contributed by atoms with E-state index in [1.165, 1.54) is 6.92 Å². The highest BCUT2D eigenvalue weighted by Gasteiger charge is 2.42. The Kier molecular flexibility index (Phi) is 5.31.